The molecule has 170 valence electrons. The molecule has 13 heteroatoms. The van der Waals surface area contributed by atoms with E-state index in [-0.39, 0.29) is 36.3 Å². The third-order valence-electron chi connectivity index (χ3n) is 5.63. The second-order valence-electron chi connectivity index (χ2n) is 7.86. The van der Waals surface area contributed by atoms with Crippen LogP contribution in [0.5, 0.6) is 5.88 Å². The van der Waals surface area contributed by atoms with Crippen molar-refractivity contribution in [3.63, 3.8) is 0 Å². The van der Waals surface area contributed by atoms with Crippen LogP contribution in [-0.4, -0.2) is 54.9 Å². The van der Waals surface area contributed by atoms with Gasteiger partial charge in [-0.15, -0.1) is 10.2 Å². The van der Waals surface area contributed by atoms with Gasteiger partial charge in [-0.05, 0) is 19.3 Å². The van der Waals surface area contributed by atoms with Crippen molar-refractivity contribution in [3.05, 3.63) is 35.1 Å². The largest absolute Gasteiger partial charge is 0.469 e. The highest BCUT2D eigenvalue weighted by Crippen LogP contribution is 2.37. The summed E-state index contributed by atoms with van der Waals surface area (Å²) in [6, 6.07) is -0.0463. The van der Waals surface area contributed by atoms with Crippen molar-refractivity contribution in [2.24, 2.45) is 0 Å². The number of halogens is 4. The lowest BCUT2D eigenvalue weighted by Gasteiger charge is -2.29. The minimum Gasteiger partial charge on any atom is -0.469 e. The highest BCUT2D eigenvalue weighted by atomic mass is 35.5. The predicted octanol–water partition coefficient (Wildman–Crippen LogP) is 3.50. The summed E-state index contributed by atoms with van der Waals surface area (Å²) in [5.74, 6) is 0.476. The summed E-state index contributed by atoms with van der Waals surface area (Å²) in [5.41, 5.74) is -0.510. The number of nitrogens with zero attached hydrogens (tertiary/aromatic N) is 6. The van der Waals surface area contributed by atoms with Gasteiger partial charge < -0.3 is 14.8 Å². The summed E-state index contributed by atoms with van der Waals surface area (Å²) < 4.78 is 52.2. The number of aromatic nitrogens is 6. The molecule has 4 heterocycles. The van der Waals surface area contributed by atoms with Crippen LogP contribution in [0.1, 0.15) is 43.0 Å². The normalized spacial score (nSPS) is 22.0. The first-order valence-corrected chi connectivity index (χ1v) is 10.6. The van der Waals surface area contributed by atoms with Crippen LogP contribution in [0.3, 0.4) is 0 Å². The second-order valence-corrected chi connectivity index (χ2v) is 8.22. The lowest BCUT2D eigenvalue weighted by molar-refractivity contribution is -0.142. The predicted molar refractivity (Wildman–Crippen MR) is 107 cm³/mol. The fraction of sp³-hybridized carbons (Fsp3) is 0.526. The number of hydrogen-bond acceptors (Lipinski definition) is 8. The molecule has 0 amide bonds. The smallest absolute Gasteiger partial charge is 0.423 e. The summed E-state index contributed by atoms with van der Waals surface area (Å²) in [4.78, 5) is 11.9. The quantitative estimate of drug-likeness (QED) is 0.606. The maximum Gasteiger partial charge on any atom is 0.423 e. The molecule has 2 aliphatic rings. The van der Waals surface area contributed by atoms with Crippen LogP contribution in [0, 0.1) is 0 Å². The zero-order valence-electron chi connectivity index (χ0n) is 16.7. The Morgan fingerprint density at radius 1 is 1.19 bits per heavy atom. The Bertz CT molecular complexity index is 1120. The molecule has 0 radical (unpaired) electrons. The van der Waals surface area contributed by atoms with E-state index in [1.54, 1.807) is 12.4 Å². The maximum absolute atomic E-state index is 13.3. The van der Waals surface area contributed by atoms with Crippen LogP contribution < -0.4 is 10.1 Å². The third kappa shape index (κ3) is 4.16. The molecule has 9 nitrogen and oxygen atoms in total. The molecule has 1 saturated heterocycles. The van der Waals surface area contributed by atoms with E-state index in [4.69, 9.17) is 21.1 Å². The first-order chi connectivity index (χ1) is 15.4. The van der Waals surface area contributed by atoms with Gasteiger partial charge in [0.25, 0.3) is 0 Å². The summed E-state index contributed by atoms with van der Waals surface area (Å²) in [7, 11) is 0. The van der Waals surface area contributed by atoms with Crippen molar-refractivity contribution in [1.82, 2.24) is 29.5 Å². The molecule has 5 rings (SSSR count). The molecule has 3 aromatic rings. The Kier molecular flexibility index (Phi) is 5.49. The van der Waals surface area contributed by atoms with Gasteiger partial charge in [-0.3, -0.25) is 4.40 Å². The van der Waals surface area contributed by atoms with Crippen molar-refractivity contribution in [1.29, 1.82) is 0 Å². The van der Waals surface area contributed by atoms with E-state index in [0.717, 1.165) is 31.3 Å². The van der Waals surface area contributed by atoms with Gasteiger partial charge in [-0.25, -0.2) is 9.97 Å². The Morgan fingerprint density at radius 2 is 2.03 bits per heavy atom. The highest BCUT2D eigenvalue weighted by Gasteiger charge is 2.38. The zero-order chi connectivity index (χ0) is 22.3. The van der Waals surface area contributed by atoms with E-state index < -0.39 is 23.7 Å². The molecule has 32 heavy (non-hydrogen) atoms. The number of fused-ring (bicyclic) bond motifs is 1. The lowest BCUT2D eigenvalue weighted by Crippen LogP contribution is -2.39. The van der Waals surface area contributed by atoms with Gasteiger partial charge in [0.2, 0.25) is 11.8 Å². The summed E-state index contributed by atoms with van der Waals surface area (Å²) >= 11 is 6.09. The lowest BCUT2D eigenvalue weighted by atomic mass is 9.85. The fourth-order valence-electron chi connectivity index (χ4n) is 3.99. The zero-order valence-corrected chi connectivity index (χ0v) is 17.5. The van der Waals surface area contributed by atoms with Gasteiger partial charge in [-0.1, -0.05) is 18.0 Å². The van der Waals surface area contributed by atoms with Gasteiger partial charge in [0.05, 0.1) is 13.2 Å². The second kappa shape index (κ2) is 8.32. The molecule has 0 unspecified atom stereocenters. The van der Waals surface area contributed by atoms with Crippen LogP contribution in [0.2, 0.25) is 5.15 Å². The Balaban J connectivity index is 1.34. The average Bonchev–Trinajstić information content (AvgIpc) is 3.16. The van der Waals surface area contributed by atoms with E-state index in [9.17, 15) is 13.2 Å². The van der Waals surface area contributed by atoms with Crippen molar-refractivity contribution in [3.8, 4) is 5.88 Å². The SMILES string of the molecule is FC(F)(F)c1cnc(N[C@@H]2CCC[C@H](c3nnc4c(Cl)nccn34)C2)nc1OC1COC1. The third-order valence-corrected chi connectivity index (χ3v) is 5.89. The van der Waals surface area contributed by atoms with E-state index >= 15 is 0 Å². The van der Waals surface area contributed by atoms with Crippen LogP contribution in [0.15, 0.2) is 18.6 Å². The summed E-state index contributed by atoms with van der Waals surface area (Å²) in [6.07, 6.45) is 2.38. The minimum absolute atomic E-state index is 0.0463. The molecule has 1 saturated carbocycles. The fourth-order valence-corrected chi connectivity index (χ4v) is 4.18. The standard InChI is InChI=1S/C19H19ClF3N7O2/c20-14-16-29-28-15(30(16)5-4-24-14)10-2-1-3-11(6-10)26-18-25-7-13(19(21,22)23)17(27-18)32-12-8-31-9-12/h4-5,7,10-12H,1-3,6,8-9H2,(H,25,26,27)/t10-,11+/m0/s1. The van der Waals surface area contributed by atoms with Gasteiger partial charge in [-0.2, -0.15) is 18.2 Å². The van der Waals surface area contributed by atoms with E-state index in [1.807, 2.05) is 4.40 Å². The van der Waals surface area contributed by atoms with Crippen molar-refractivity contribution in [2.75, 3.05) is 18.5 Å². The van der Waals surface area contributed by atoms with Gasteiger partial charge >= 0.3 is 6.18 Å². The number of rotatable bonds is 5. The summed E-state index contributed by atoms with van der Waals surface area (Å²) in [6.45, 7) is 0.473. The monoisotopic (exact) mass is 469 g/mol. The van der Waals surface area contributed by atoms with Gasteiger partial charge in [0.1, 0.15) is 17.5 Å². The van der Waals surface area contributed by atoms with E-state index in [2.05, 4.69) is 30.5 Å². The molecule has 1 aliphatic heterocycles. The first-order valence-electron chi connectivity index (χ1n) is 10.2. The number of hydrogen-bond donors (Lipinski definition) is 1. The number of nitrogens with one attached hydrogen (secondary N) is 1. The molecule has 0 aromatic carbocycles. The molecule has 2 fully saturated rings. The highest BCUT2D eigenvalue weighted by molar-refractivity contribution is 6.32. The van der Waals surface area contributed by atoms with Crippen molar-refractivity contribution < 1.29 is 22.6 Å². The Morgan fingerprint density at radius 3 is 2.78 bits per heavy atom. The molecule has 0 spiro atoms. The first kappa shape index (κ1) is 21.1. The molecular weight excluding hydrogens is 451 g/mol. The van der Waals surface area contributed by atoms with E-state index in [0.29, 0.717) is 12.1 Å². The topological polar surface area (TPSA) is 99.4 Å². The van der Waals surface area contributed by atoms with Crippen molar-refractivity contribution in [2.45, 2.75) is 49.9 Å². The molecule has 3 aromatic heterocycles. The number of ether oxygens (including phenoxy) is 2. The molecule has 1 aliphatic carbocycles. The van der Waals surface area contributed by atoms with Gasteiger partial charge in [0.15, 0.2) is 10.8 Å². The Labute approximate surface area is 185 Å². The minimum atomic E-state index is -4.61. The molecular formula is C19H19ClF3N7O2. The number of anilines is 1. The Hall–Kier alpha value is -2.73. The molecule has 1 N–H and O–H groups in total. The van der Waals surface area contributed by atoms with Gasteiger partial charge in [0, 0.05) is 30.6 Å². The summed E-state index contributed by atoms with van der Waals surface area (Å²) in [5, 5.41) is 11.9. The molecule has 2 atom stereocenters. The van der Waals surface area contributed by atoms with Crippen LogP contribution in [0.25, 0.3) is 5.65 Å². The number of alkyl halides is 3. The van der Waals surface area contributed by atoms with Crippen molar-refractivity contribution >= 4 is 23.2 Å². The molecule has 0 bridgehead atoms. The van der Waals surface area contributed by atoms with E-state index in [1.165, 1.54) is 0 Å². The average molecular weight is 470 g/mol. The van der Waals surface area contributed by atoms with Crippen LogP contribution in [0.4, 0.5) is 19.1 Å². The van der Waals surface area contributed by atoms with Crippen LogP contribution >= 0.6 is 11.6 Å². The van der Waals surface area contributed by atoms with Crippen LogP contribution in [-0.2, 0) is 10.9 Å². The maximum atomic E-state index is 13.3.